The lowest BCUT2D eigenvalue weighted by atomic mass is 10.1. The molecule has 1 heterocycles. The largest absolute Gasteiger partial charge is 0.487 e. The molecule has 0 saturated carbocycles. The van der Waals surface area contributed by atoms with Crippen molar-refractivity contribution < 1.29 is 9.84 Å². The Morgan fingerprint density at radius 3 is 2.58 bits per heavy atom. The van der Waals surface area contributed by atoms with Gasteiger partial charge >= 0.3 is 0 Å². The molecule has 0 aliphatic rings. The fourth-order valence-corrected chi connectivity index (χ4v) is 2.23. The van der Waals surface area contributed by atoms with Crippen LogP contribution in [0.5, 0.6) is 5.75 Å². The molecule has 5 heteroatoms. The van der Waals surface area contributed by atoms with E-state index in [-0.39, 0.29) is 0 Å². The first kappa shape index (κ1) is 14.5. The number of halogens is 2. The Morgan fingerprint density at radius 1 is 1.21 bits per heavy atom. The number of benzene rings is 1. The van der Waals surface area contributed by atoms with Crippen LogP contribution in [-0.4, -0.2) is 10.1 Å². The second kappa shape index (κ2) is 6.50. The van der Waals surface area contributed by atoms with Crippen molar-refractivity contribution in [2.24, 2.45) is 0 Å². The minimum atomic E-state index is -0.578. The smallest absolute Gasteiger partial charge is 0.130 e. The minimum absolute atomic E-state index is 0.370. The fraction of sp³-hybridized carbons (Fsp3) is 0.214. The Kier molecular flexibility index (Phi) is 4.96. The molecule has 0 fully saturated rings. The summed E-state index contributed by atoms with van der Waals surface area (Å²) in [5, 5.41) is 9.74. The molecular weight excluding hydrogens is 374 g/mol. The molecule has 19 heavy (non-hydrogen) atoms. The highest BCUT2D eigenvalue weighted by atomic mass is 79.9. The summed E-state index contributed by atoms with van der Waals surface area (Å²) in [7, 11) is 0. The maximum atomic E-state index is 9.74. The van der Waals surface area contributed by atoms with Crippen LogP contribution in [0.4, 0.5) is 0 Å². The summed E-state index contributed by atoms with van der Waals surface area (Å²) >= 11 is 6.72. The van der Waals surface area contributed by atoms with Gasteiger partial charge in [0, 0.05) is 20.7 Å². The van der Waals surface area contributed by atoms with Gasteiger partial charge in [0.05, 0.1) is 11.8 Å². The van der Waals surface area contributed by atoms with Gasteiger partial charge in [-0.15, -0.1) is 0 Å². The van der Waals surface area contributed by atoms with Crippen molar-refractivity contribution >= 4 is 31.9 Å². The molecule has 0 unspecified atom stereocenters. The third-order valence-electron chi connectivity index (χ3n) is 2.59. The van der Waals surface area contributed by atoms with E-state index in [2.05, 4.69) is 36.8 Å². The van der Waals surface area contributed by atoms with Crippen LogP contribution >= 0.6 is 31.9 Å². The van der Waals surface area contributed by atoms with Crippen molar-refractivity contribution in [3.05, 3.63) is 56.7 Å². The quantitative estimate of drug-likeness (QED) is 0.854. The lowest BCUT2D eigenvalue weighted by molar-refractivity contribution is 0.189. The number of hydrogen-bond donors (Lipinski definition) is 1. The van der Waals surface area contributed by atoms with Crippen molar-refractivity contribution in [1.82, 2.24) is 4.98 Å². The number of nitrogens with zero attached hydrogens (tertiary/aromatic N) is 1. The molecular formula is C14H13Br2NO2. The van der Waals surface area contributed by atoms with E-state index in [0.717, 1.165) is 20.2 Å². The third kappa shape index (κ3) is 4.03. The van der Waals surface area contributed by atoms with E-state index in [1.807, 2.05) is 30.3 Å². The van der Waals surface area contributed by atoms with E-state index >= 15 is 0 Å². The Hall–Kier alpha value is -0.910. The van der Waals surface area contributed by atoms with Crippen molar-refractivity contribution in [2.45, 2.75) is 19.6 Å². The van der Waals surface area contributed by atoms with Gasteiger partial charge in [-0.05, 0) is 53.2 Å². The number of aromatic nitrogens is 1. The molecule has 0 aliphatic heterocycles. The first-order valence-corrected chi connectivity index (χ1v) is 7.35. The average molecular weight is 387 g/mol. The molecule has 0 amide bonds. The third-order valence-corrected chi connectivity index (χ3v) is 3.55. The maximum Gasteiger partial charge on any atom is 0.130 e. The molecule has 2 rings (SSSR count). The Balaban J connectivity index is 2.13. The minimum Gasteiger partial charge on any atom is -0.487 e. The van der Waals surface area contributed by atoms with Gasteiger partial charge in [0.15, 0.2) is 0 Å². The molecule has 0 spiro atoms. The van der Waals surface area contributed by atoms with Gasteiger partial charge in [-0.25, -0.2) is 0 Å². The summed E-state index contributed by atoms with van der Waals surface area (Å²) in [5.41, 5.74) is 1.59. The molecule has 0 aliphatic carbocycles. The van der Waals surface area contributed by atoms with Crippen LogP contribution in [0.25, 0.3) is 0 Å². The molecule has 3 nitrogen and oxygen atoms in total. The number of ether oxygens (including phenoxy) is 1. The first-order valence-electron chi connectivity index (χ1n) is 5.77. The van der Waals surface area contributed by atoms with Gasteiger partial charge < -0.3 is 9.84 Å². The molecule has 0 bridgehead atoms. The molecule has 1 aromatic heterocycles. The summed E-state index contributed by atoms with van der Waals surface area (Å²) in [4.78, 5) is 4.24. The zero-order valence-corrected chi connectivity index (χ0v) is 13.5. The number of hydrogen-bond acceptors (Lipinski definition) is 3. The fourth-order valence-electron chi connectivity index (χ4n) is 1.62. The van der Waals surface area contributed by atoms with Crippen molar-refractivity contribution in [1.29, 1.82) is 0 Å². The maximum absolute atomic E-state index is 9.74. The lowest BCUT2D eigenvalue weighted by Gasteiger charge is -2.13. The van der Waals surface area contributed by atoms with Crippen LogP contribution in [0.1, 0.15) is 24.3 Å². The highest BCUT2D eigenvalue weighted by Crippen LogP contribution is 2.29. The summed E-state index contributed by atoms with van der Waals surface area (Å²) in [6.07, 6.45) is 1.15. The number of pyridine rings is 1. The van der Waals surface area contributed by atoms with Gasteiger partial charge in [-0.2, -0.15) is 0 Å². The van der Waals surface area contributed by atoms with E-state index < -0.39 is 6.10 Å². The van der Waals surface area contributed by atoms with Gasteiger partial charge in [-0.3, -0.25) is 4.98 Å². The first-order chi connectivity index (χ1) is 9.06. The van der Waals surface area contributed by atoms with E-state index in [1.54, 1.807) is 13.1 Å². The van der Waals surface area contributed by atoms with E-state index in [0.29, 0.717) is 12.4 Å². The molecule has 1 N–H and O–H groups in total. The van der Waals surface area contributed by atoms with Gasteiger partial charge in [0.2, 0.25) is 0 Å². The average Bonchev–Trinajstić information content (AvgIpc) is 2.39. The van der Waals surface area contributed by atoms with Crippen LogP contribution in [0.3, 0.4) is 0 Å². The topological polar surface area (TPSA) is 42.4 Å². The molecule has 1 atom stereocenters. The second-order valence-electron chi connectivity index (χ2n) is 4.11. The highest BCUT2D eigenvalue weighted by Gasteiger charge is 2.10. The van der Waals surface area contributed by atoms with E-state index in [9.17, 15) is 5.11 Å². The molecule has 100 valence electrons. The van der Waals surface area contributed by atoms with E-state index in [1.165, 1.54) is 0 Å². The predicted molar refractivity (Wildman–Crippen MR) is 81.0 cm³/mol. The Morgan fingerprint density at radius 2 is 1.95 bits per heavy atom. The Bertz CT molecular complexity index is 556. The summed E-state index contributed by atoms with van der Waals surface area (Å²) in [6.45, 7) is 2.08. The SMILES string of the molecule is C[C@H](O)c1cc(Br)ccc1OCc1ccc(Br)cn1. The summed E-state index contributed by atoms with van der Waals surface area (Å²) < 4.78 is 7.57. The Labute approximate surface area is 128 Å². The highest BCUT2D eigenvalue weighted by molar-refractivity contribution is 9.10. The van der Waals surface area contributed by atoms with E-state index in [4.69, 9.17) is 4.74 Å². The van der Waals surface area contributed by atoms with Crippen LogP contribution in [-0.2, 0) is 6.61 Å². The second-order valence-corrected chi connectivity index (χ2v) is 5.95. The number of aliphatic hydroxyl groups is 1. The van der Waals surface area contributed by atoms with Gasteiger partial charge in [-0.1, -0.05) is 15.9 Å². The zero-order valence-electron chi connectivity index (χ0n) is 10.3. The summed E-state index contributed by atoms with van der Waals surface area (Å²) in [5.74, 6) is 0.669. The number of aliphatic hydroxyl groups excluding tert-OH is 1. The zero-order chi connectivity index (χ0) is 13.8. The van der Waals surface area contributed by atoms with Gasteiger partial charge in [0.25, 0.3) is 0 Å². The monoisotopic (exact) mass is 385 g/mol. The normalized spacial score (nSPS) is 12.2. The molecule has 0 saturated heterocycles. The molecule has 1 aromatic carbocycles. The lowest BCUT2D eigenvalue weighted by Crippen LogP contribution is -2.02. The predicted octanol–water partition coefficient (Wildman–Crippen LogP) is 4.24. The van der Waals surface area contributed by atoms with Crippen LogP contribution in [0, 0.1) is 0 Å². The van der Waals surface area contributed by atoms with Crippen molar-refractivity contribution in [3.8, 4) is 5.75 Å². The van der Waals surface area contributed by atoms with Gasteiger partial charge in [0.1, 0.15) is 12.4 Å². The van der Waals surface area contributed by atoms with Crippen molar-refractivity contribution in [2.75, 3.05) is 0 Å². The van der Waals surface area contributed by atoms with Crippen molar-refractivity contribution in [3.63, 3.8) is 0 Å². The molecule has 2 aromatic rings. The van der Waals surface area contributed by atoms with Crippen LogP contribution < -0.4 is 4.74 Å². The summed E-state index contributed by atoms with van der Waals surface area (Å²) in [6, 6.07) is 9.39. The van der Waals surface area contributed by atoms with Crippen LogP contribution in [0.15, 0.2) is 45.5 Å². The number of rotatable bonds is 4. The molecule has 0 radical (unpaired) electrons. The standard InChI is InChI=1S/C14H13Br2NO2/c1-9(18)13-6-10(15)3-5-14(13)19-8-12-4-2-11(16)7-17-12/h2-7,9,18H,8H2,1H3/t9-/m0/s1. The van der Waals surface area contributed by atoms with Crippen LogP contribution in [0.2, 0.25) is 0 Å².